The molecule has 0 radical (unpaired) electrons. The third-order valence-corrected chi connectivity index (χ3v) is 4.38. The highest BCUT2D eigenvalue weighted by Crippen LogP contribution is 2.34. The third-order valence-electron chi connectivity index (χ3n) is 4.38. The molecule has 19 heavy (non-hydrogen) atoms. The van der Waals surface area contributed by atoms with Gasteiger partial charge in [-0.1, -0.05) is 30.3 Å². The summed E-state index contributed by atoms with van der Waals surface area (Å²) in [5.74, 6) is 3.52. The number of morpholine rings is 1. The van der Waals surface area contributed by atoms with Gasteiger partial charge < -0.3 is 4.74 Å². The van der Waals surface area contributed by atoms with Gasteiger partial charge in [-0.25, -0.2) is 0 Å². The van der Waals surface area contributed by atoms with Gasteiger partial charge in [-0.05, 0) is 24.3 Å². The Morgan fingerprint density at radius 3 is 2.47 bits per heavy atom. The average Bonchev–Trinajstić information content (AvgIpc) is 2.41. The molecule has 2 fully saturated rings. The fourth-order valence-corrected chi connectivity index (χ4v) is 3.49. The number of hydrogen-bond donors (Lipinski definition) is 0. The number of piperidine rings is 1. The van der Waals surface area contributed by atoms with Crippen LogP contribution < -0.4 is 0 Å². The summed E-state index contributed by atoms with van der Waals surface area (Å²) in [5, 5.41) is 0. The number of benzene rings is 1. The first-order valence-corrected chi connectivity index (χ1v) is 7.17. The molecule has 2 unspecified atom stereocenters. The van der Waals surface area contributed by atoms with E-state index < -0.39 is 0 Å². The summed E-state index contributed by atoms with van der Waals surface area (Å²) in [6.45, 7) is 2.77. The lowest BCUT2D eigenvalue weighted by Gasteiger charge is -2.48. The Balaban J connectivity index is 1.71. The maximum absolute atomic E-state index is 5.74. The Morgan fingerprint density at radius 1 is 1.16 bits per heavy atom. The van der Waals surface area contributed by atoms with E-state index in [1.807, 2.05) is 0 Å². The van der Waals surface area contributed by atoms with Crippen molar-refractivity contribution in [3.63, 3.8) is 0 Å². The Hall–Kier alpha value is -1.30. The normalized spacial score (nSPS) is 30.8. The maximum Gasteiger partial charge on any atom is 0.0623 e. The van der Waals surface area contributed by atoms with E-state index in [1.54, 1.807) is 0 Å². The molecule has 3 rings (SSSR count). The zero-order valence-electron chi connectivity index (χ0n) is 11.3. The average molecular weight is 255 g/mol. The molecule has 2 heterocycles. The number of nitrogens with zero attached hydrogens (tertiary/aromatic N) is 1. The lowest BCUT2D eigenvalue weighted by atomic mass is 9.83. The van der Waals surface area contributed by atoms with Gasteiger partial charge in [0, 0.05) is 25.0 Å². The lowest BCUT2D eigenvalue weighted by molar-refractivity contribution is -0.0911. The smallest absolute Gasteiger partial charge is 0.0623 e. The molecule has 0 spiro atoms. The number of rotatable bonds is 3. The minimum Gasteiger partial charge on any atom is -0.378 e. The Labute approximate surface area is 115 Å². The molecule has 0 amide bonds. The van der Waals surface area contributed by atoms with Crippen LogP contribution in [0.15, 0.2) is 30.3 Å². The molecule has 0 aromatic heterocycles. The van der Waals surface area contributed by atoms with E-state index in [2.05, 4.69) is 41.2 Å². The SMILES string of the molecule is C#CCC1CC2COCC(C1)N2Cc1ccccc1. The number of terminal acetylenes is 1. The molecule has 2 heteroatoms. The van der Waals surface area contributed by atoms with E-state index in [0.717, 1.165) is 26.2 Å². The second-order valence-corrected chi connectivity index (χ2v) is 5.75. The molecule has 2 atom stereocenters. The molecular weight excluding hydrogens is 234 g/mol. The molecule has 2 bridgehead atoms. The number of hydrogen-bond acceptors (Lipinski definition) is 2. The van der Waals surface area contributed by atoms with Crippen molar-refractivity contribution in [3.05, 3.63) is 35.9 Å². The van der Waals surface area contributed by atoms with Crippen LogP contribution in [-0.4, -0.2) is 30.2 Å². The molecule has 0 saturated carbocycles. The minimum atomic E-state index is 0.547. The molecule has 2 aliphatic rings. The molecule has 0 N–H and O–H groups in total. The molecule has 100 valence electrons. The predicted molar refractivity (Wildman–Crippen MR) is 76.6 cm³/mol. The highest BCUT2D eigenvalue weighted by Gasteiger charge is 2.38. The Kier molecular flexibility index (Phi) is 3.87. The first kappa shape index (κ1) is 12.7. The van der Waals surface area contributed by atoms with Crippen LogP contribution in [0.3, 0.4) is 0 Å². The fourth-order valence-electron chi connectivity index (χ4n) is 3.49. The van der Waals surface area contributed by atoms with Crippen molar-refractivity contribution in [1.82, 2.24) is 4.90 Å². The molecule has 2 aliphatic heterocycles. The quantitative estimate of drug-likeness (QED) is 0.770. The van der Waals surface area contributed by atoms with Gasteiger partial charge in [-0.3, -0.25) is 4.90 Å². The van der Waals surface area contributed by atoms with Gasteiger partial charge in [0.05, 0.1) is 13.2 Å². The van der Waals surface area contributed by atoms with Gasteiger partial charge >= 0.3 is 0 Å². The maximum atomic E-state index is 5.74. The van der Waals surface area contributed by atoms with Crippen molar-refractivity contribution >= 4 is 0 Å². The second kappa shape index (κ2) is 5.77. The third kappa shape index (κ3) is 2.83. The van der Waals surface area contributed by atoms with Gasteiger partial charge in [0.15, 0.2) is 0 Å². The van der Waals surface area contributed by atoms with E-state index >= 15 is 0 Å². The van der Waals surface area contributed by atoms with Crippen molar-refractivity contribution < 1.29 is 4.74 Å². The topological polar surface area (TPSA) is 12.5 Å². The highest BCUT2D eigenvalue weighted by atomic mass is 16.5. The van der Waals surface area contributed by atoms with Crippen molar-refractivity contribution in [3.8, 4) is 12.3 Å². The van der Waals surface area contributed by atoms with Crippen LogP contribution in [0.4, 0.5) is 0 Å². The van der Waals surface area contributed by atoms with E-state index in [4.69, 9.17) is 11.2 Å². The standard InChI is InChI=1S/C17H21NO/c1-2-6-15-9-16-12-19-13-17(10-15)18(16)11-14-7-4-3-5-8-14/h1,3-5,7-8,15-17H,6,9-13H2. The Morgan fingerprint density at radius 2 is 1.84 bits per heavy atom. The molecular formula is C17H21NO. The zero-order chi connectivity index (χ0) is 13.1. The largest absolute Gasteiger partial charge is 0.378 e. The summed E-state index contributed by atoms with van der Waals surface area (Å²) in [4.78, 5) is 2.63. The van der Waals surface area contributed by atoms with Crippen LogP contribution in [0, 0.1) is 18.3 Å². The molecule has 0 aliphatic carbocycles. The van der Waals surface area contributed by atoms with Crippen LogP contribution in [0.5, 0.6) is 0 Å². The van der Waals surface area contributed by atoms with Crippen molar-refractivity contribution in [2.24, 2.45) is 5.92 Å². The van der Waals surface area contributed by atoms with Crippen LogP contribution in [0.1, 0.15) is 24.8 Å². The summed E-state index contributed by atoms with van der Waals surface area (Å²) in [6, 6.07) is 11.8. The first-order valence-electron chi connectivity index (χ1n) is 7.17. The highest BCUT2D eigenvalue weighted by molar-refractivity contribution is 5.15. The number of ether oxygens (including phenoxy) is 1. The fraction of sp³-hybridized carbons (Fsp3) is 0.529. The van der Waals surface area contributed by atoms with Crippen LogP contribution in [0.25, 0.3) is 0 Å². The van der Waals surface area contributed by atoms with Crippen molar-refractivity contribution in [1.29, 1.82) is 0 Å². The summed E-state index contributed by atoms with van der Waals surface area (Å²) >= 11 is 0. The van der Waals surface area contributed by atoms with E-state index in [1.165, 1.54) is 18.4 Å². The lowest BCUT2D eigenvalue weighted by Crippen LogP contribution is -2.56. The molecule has 2 nitrogen and oxygen atoms in total. The Bertz CT molecular complexity index is 436. The van der Waals surface area contributed by atoms with Crippen LogP contribution >= 0.6 is 0 Å². The van der Waals surface area contributed by atoms with Crippen LogP contribution in [-0.2, 0) is 11.3 Å². The van der Waals surface area contributed by atoms with Gasteiger partial charge in [0.1, 0.15) is 0 Å². The second-order valence-electron chi connectivity index (χ2n) is 5.75. The summed E-state index contributed by atoms with van der Waals surface area (Å²) < 4.78 is 5.74. The monoisotopic (exact) mass is 255 g/mol. The molecule has 2 saturated heterocycles. The van der Waals surface area contributed by atoms with E-state index in [0.29, 0.717) is 18.0 Å². The summed E-state index contributed by atoms with van der Waals surface area (Å²) in [7, 11) is 0. The predicted octanol–water partition coefficient (Wildman–Crippen LogP) is 2.69. The van der Waals surface area contributed by atoms with Gasteiger partial charge in [-0.2, -0.15) is 0 Å². The van der Waals surface area contributed by atoms with Crippen molar-refractivity contribution in [2.75, 3.05) is 13.2 Å². The summed E-state index contributed by atoms with van der Waals surface area (Å²) in [5.41, 5.74) is 1.40. The van der Waals surface area contributed by atoms with Gasteiger partial charge in [-0.15, -0.1) is 12.3 Å². The first-order chi connectivity index (χ1) is 9.36. The van der Waals surface area contributed by atoms with Crippen molar-refractivity contribution in [2.45, 2.75) is 37.9 Å². The summed E-state index contributed by atoms with van der Waals surface area (Å²) in [6.07, 6.45) is 8.77. The number of fused-ring (bicyclic) bond motifs is 2. The van der Waals surface area contributed by atoms with Gasteiger partial charge in [0.25, 0.3) is 0 Å². The van der Waals surface area contributed by atoms with E-state index in [9.17, 15) is 0 Å². The van der Waals surface area contributed by atoms with E-state index in [-0.39, 0.29) is 0 Å². The molecule has 1 aromatic carbocycles. The molecule has 1 aromatic rings. The zero-order valence-corrected chi connectivity index (χ0v) is 11.3. The van der Waals surface area contributed by atoms with Gasteiger partial charge in [0.2, 0.25) is 0 Å². The minimum absolute atomic E-state index is 0.547. The van der Waals surface area contributed by atoms with Crippen LogP contribution in [0.2, 0.25) is 0 Å².